The summed E-state index contributed by atoms with van der Waals surface area (Å²) in [7, 11) is 0. The molecule has 1 aromatic heterocycles. The van der Waals surface area contributed by atoms with Crippen LogP contribution in [-0.2, 0) is 4.79 Å². The van der Waals surface area contributed by atoms with Gasteiger partial charge in [-0.3, -0.25) is 4.79 Å². The summed E-state index contributed by atoms with van der Waals surface area (Å²) in [5.41, 5.74) is 4.39. The maximum absolute atomic E-state index is 12.0. The molecule has 140 valence electrons. The van der Waals surface area contributed by atoms with Gasteiger partial charge in [-0.05, 0) is 36.2 Å². The molecule has 0 bridgehead atoms. The molecule has 1 heterocycles. The lowest BCUT2D eigenvalue weighted by molar-refractivity contribution is -0.118. The third-order valence-electron chi connectivity index (χ3n) is 3.63. The number of carbonyl (C=O) groups is 1. The summed E-state index contributed by atoms with van der Waals surface area (Å²) in [5.74, 6) is 0.924. The minimum Gasteiger partial charge on any atom is -0.494 e. The molecule has 2 aromatic carbocycles. The summed E-state index contributed by atoms with van der Waals surface area (Å²) in [5, 5.41) is 4.02. The van der Waals surface area contributed by atoms with Crippen LogP contribution in [0.15, 0.2) is 58.0 Å². The van der Waals surface area contributed by atoms with Crippen LogP contribution in [0.5, 0.6) is 5.75 Å². The van der Waals surface area contributed by atoms with Gasteiger partial charge in [0.05, 0.1) is 28.8 Å². The Labute approximate surface area is 166 Å². The summed E-state index contributed by atoms with van der Waals surface area (Å²) in [6, 6.07) is 15.6. The van der Waals surface area contributed by atoms with Crippen LogP contribution < -0.4 is 10.2 Å². The van der Waals surface area contributed by atoms with Gasteiger partial charge in [0.25, 0.3) is 5.91 Å². The molecule has 0 atom stereocenters. The van der Waals surface area contributed by atoms with Crippen LogP contribution in [0.3, 0.4) is 0 Å². The van der Waals surface area contributed by atoms with Crippen LogP contribution >= 0.6 is 23.1 Å². The fourth-order valence-electron chi connectivity index (χ4n) is 2.27. The Balaban J connectivity index is 1.46. The number of para-hydroxylation sites is 1. The monoisotopic (exact) mass is 399 g/mol. The molecule has 5 nitrogen and oxygen atoms in total. The molecule has 0 aliphatic rings. The Bertz CT molecular complexity index is 891. The first-order chi connectivity index (χ1) is 13.2. The smallest absolute Gasteiger partial charge is 0.250 e. The number of amides is 1. The van der Waals surface area contributed by atoms with Gasteiger partial charge in [-0.15, -0.1) is 11.3 Å². The Morgan fingerprint density at radius 2 is 2.19 bits per heavy atom. The summed E-state index contributed by atoms with van der Waals surface area (Å²) >= 11 is 3.00. The number of unbranched alkanes of at least 4 members (excludes halogenated alkanes) is 1. The van der Waals surface area contributed by atoms with Gasteiger partial charge in [0.2, 0.25) is 0 Å². The number of rotatable bonds is 9. The van der Waals surface area contributed by atoms with Crippen molar-refractivity contribution in [3.05, 3.63) is 54.1 Å². The molecule has 1 amide bonds. The van der Waals surface area contributed by atoms with Gasteiger partial charge in [-0.1, -0.05) is 49.4 Å². The number of thioether (sulfide) groups is 1. The van der Waals surface area contributed by atoms with Gasteiger partial charge in [0, 0.05) is 0 Å². The van der Waals surface area contributed by atoms with Crippen LogP contribution in [-0.4, -0.2) is 29.5 Å². The summed E-state index contributed by atoms with van der Waals surface area (Å²) in [6.07, 6.45) is 3.75. The first kappa shape index (κ1) is 19.4. The SMILES string of the molecule is CCCCOc1cccc(/C=N/NC(=O)CSc2nc3ccccc3s2)c1. The Morgan fingerprint density at radius 3 is 3.04 bits per heavy atom. The zero-order valence-corrected chi connectivity index (χ0v) is 16.7. The quantitative estimate of drug-likeness (QED) is 0.245. The Kier molecular flexibility index (Phi) is 7.24. The molecule has 0 unspecified atom stereocenters. The second-order valence-electron chi connectivity index (χ2n) is 5.80. The fraction of sp³-hybridized carbons (Fsp3) is 0.250. The predicted octanol–water partition coefficient (Wildman–Crippen LogP) is 4.72. The van der Waals surface area contributed by atoms with Crippen molar-refractivity contribution in [3.63, 3.8) is 0 Å². The van der Waals surface area contributed by atoms with E-state index in [4.69, 9.17) is 4.74 Å². The third-order valence-corrected chi connectivity index (χ3v) is 5.81. The lowest BCUT2D eigenvalue weighted by Crippen LogP contribution is -2.19. The fourth-order valence-corrected chi connectivity index (χ4v) is 4.13. The summed E-state index contributed by atoms with van der Waals surface area (Å²) in [4.78, 5) is 16.5. The molecule has 0 saturated heterocycles. The van der Waals surface area contributed by atoms with Gasteiger partial charge in [0.15, 0.2) is 4.34 Å². The van der Waals surface area contributed by atoms with E-state index in [1.807, 2.05) is 48.5 Å². The molecule has 0 spiro atoms. The third kappa shape index (κ3) is 6.08. The van der Waals surface area contributed by atoms with Crippen LogP contribution in [0.2, 0.25) is 0 Å². The van der Waals surface area contributed by atoms with Gasteiger partial charge >= 0.3 is 0 Å². The number of hydrazone groups is 1. The van der Waals surface area contributed by atoms with Gasteiger partial charge in [0.1, 0.15) is 5.75 Å². The van der Waals surface area contributed by atoms with E-state index in [-0.39, 0.29) is 11.7 Å². The normalized spacial score (nSPS) is 11.1. The number of thiazole rings is 1. The zero-order chi connectivity index (χ0) is 18.9. The maximum atomic E-state index is 12.0. The van der Waals surface area contributed by atoms with Gasteiger partial charge in [-0.25, -0.2) is 10.4 Å². The second-order valence-corrected chi connectivity index (χ2v) is 8.06. The number of nitrogens with one attached hydrogen (secondary N) is 1. The first-order valence-corrected chi connectivity index (χ1v) is 10.6. The predicted molar refractivity (Wildman–Crippen MR) is 113 cm³/mol. The molecule has 0 aliphatic carbocycles. The highest BCUT2D eigenvalue weighted by atomic mass is 32.2. The van der Waals surface area contributed by atoms with Crippen molar-refractivity contribution in [1.29, 1.82) is 0 Å². The molecule has 1 N–H and O–H groups in total. The molecule has 0 radical (unpaired) electrons. The van der Waals surface area contributed by atoms with E-state index >= 15 is 0 Å². The van der Waals surface area contributed by atoms with Crippen LogP contribution in [0, 0.1) is 0 Å². The van der Waals surface area contributed by atoms with E-state index in [0.29, 0.717) is 6.61 Å². The van der Waals surface area contributed by atoms with E-state index in [9.17, 15) is 4.79 Å². The molecular formula is C20H21N3O2S2. The Morgan fingerprint density at radius 1 is 1.30 bits per heavy atom. The zero-order valence-electron chi connectivity index (χ0n) is 15.1. The lowest BCUT2D eigenvalue weighted by Gasteiger charge is -2.05. The first-order valence-electron chi connectivity index (χ1n) is 8.78. The van der Waals surface area contributed by atoms with E-state index < -0.39 is 0 Å². The highest BCUT2D eigenvalue weighted by Gasteiger charge is 2.06. The standard InChI is InChI=1S/C20H21N3O2S2/c1-2-3-11-25-16-8-6-7-15(12-16)13-21-23-19(24)14-26-20-22-17-9-4-5-10-18(17)27-20/h4-10,12-13H,2-3,11,14H2,1H3,(H,23,24)/b21-13+. The molecular weight excluding hydrogens is 378 g/mol. The molecule has 3 rings (SSSR count). The highest BCUT2D eigenvalue weighted by molar-refractivity contribution is 8.01. The molecule has 27 heavy (non-hydrogen) atoms. The number of hydrogen-bond donors (Lipinski definition) is 1. The lowest BCUT2D eigenvalue weighted by atomic mass is 10.2. The van der Waals surface area contributed by atoms with Gasteiger partial charge in [-0.2, -0.15) is 5.10 Å². The minimum absolute atomic E-state index is 0.161. The second kappa shape index (κ2) is 10.1. The van der Waals surface area contributed by atoms with E-state index in [1.54, 1.807) is 17.6 Å². The number of carbonyl (C=O) groups excluding carboxylic acids is 1. The topological polar surface area (TPSA) is 63.6 Å². The van der Waals surface area contributed by atoms with E-state index in [2.05, 4.69) is 22.4 Å². The number of hydrogen-bond acceptors (Lipinski definition) is 6. The van der Waals surface area contributed by atoms with Crippen molar-refractivity contribution >= 4 is 45.4 Å². The number of ether oxygens (including phenoxy) is 1. The number of fused-ring (bicyclic) bond motifs is 1. The van der Waals surface area contributed by atoms with Crippen LogP contribution in [0.4, 0.5) is 0 Å². The van der Waals surface area contributed by atoms with Crippen molar-refractivity contribution in [2.45, 2.75) is 24.1 Å². The molecule has 0 fully saturated rings. The van der Waals surface area contributed by atoms with E-state index in [1.165, 1.54) is 11.8 Å². The van der Waals surface area contributed by atoms with Crippen molar-refractivity contribution in [1.82, 2.24) is 10.4 Å². The molecule has 7 heteroatoms. The number of nitrogens with zero attached hydrogens (tertiary/aromatic N) is 2. The minimum atomic E-state index is -0.161. The van der Waals surface area contributed by atoms with Gasteiger partial charge < -0.3 is 4.74 Å². The van der Waals surface area contributed by atoms with Crippen molar-refractivity contribution in [3.8, 4) is 5.75 Å². The largest absolute Gasteiger partial charge is 0.494 e. The van der Waals surface area contributed by atoms with Crippen molar-refractivity contribution in [2.75, 3.05) is 12.4 Å². The summed E-state index contributed by atoms with van der Waals surface area (Å²) in [6.45, 7) is 2.83. The maximum Gasteiger partial charge on any atom is 0.250 e. The highest BCUT2D eigenvalue weighted by Crippen LogP contribution is 2.28. The Hall–Kier alpha value is -2.38. The molecule has 0 saturated carbocycles. The van der Waals surface area contributed by atoms with Crippen LogP contribution in [0.25, 0.3) is 10.2 Å². The molecule has 3 aromatic rings. The van der Waals surface area contributed by atoms with Crippen molar-refractivity contribution in [2.24, 2.45) is 5.10 Å². The average Bonchev–Trinajstić information content (AvgIpc) is 3.10. The molecule has 0 aliphatic heterocycles. The average molecular weight is 400 g/mol. The van der Waals surface area contributed by atoms with E-state index in [0.717, 1.165) is 38.7 Å². The van der Waals surface area contributed by atoms with Crippen LogP contribution in [0.1, 0.15) is 25.3 Å². The van der Waals surface area contributed by atoms with Crippen molar-refractivity contribution < 1.29 is 9.53 Å². The number of aromatic nitrogens is 1. The number of benzene rings is 2. The summed E-state index contributed by atoms with van der Waals surface area (Å²) < 4.78 is 7.68.